The summed E-state index contributed by atoms with van der Waals surface area (Å²) in [5.74, 6) is 1.35. The molecule has 1 aromatic heterocycles. The topological polar surface area (TPSA) is 106 Å². The van der Waals surface area contributed by atoms with Crippen molar-refractivity contribution in [2.24, 2.45) is 15.3 Å². The fraction of sp³-hybridized carbons (Fsp3) is 0.552. The van der Waals surface area contributed by atoms with Crippen molar-refractivity contribution in [3.05, 3.63) is 51.9 Å². The van der Waals surface area contributed by atoms with Gasteiger partial charge in [-0.2, -0.15) is 8.42 Å². The zero-order valence-electron chi connectivity index (χ0n) is 24.1. The highest BCUT2D eigenvalue weighted by Gasteiger charge is 2.34. The Bertz CT molecular complexity index is 1510. The Morgan fingerprint density at radius 2 is 1.91 bits per heavy atom. The Morgan fingerprint density at radius 3 is 2.60 bits per heavy atom. The number of aliphatic imine (C=N–C) groups is 1. The van der Waals surface area contributed by atoms with Gasteiger partial charge in [-0.15, -0.1) is 4.40 Å². The van der Waals surface area contributed by atoms with E-state index in [2.05, 4.69) is 46.0 Å². The summed E-state index contributed by atoms with van der Waals surface area (Å²) in [7, 11) is -3.82. The lowest BCUT2D eigenvalue weighted by Gasteiger charge is -2.47. The molecule has 0 bridgehead atoms. The number of benzene rings is 1. The summed E-state index contributed by atoms with van der Waals surface area (Å²) in [6, 6.07) is 7.52. The monoisotopic (exact) mass is 650 g/mol. The third kappa shape index (κ3) is 7.42. The fourth-order valence-corrected chi connectivity index (χ4v) is 7.41. The number of hydrogen-bond acceptors (Lipinski definition) is 8. The number of aromatic nitrogens is 1. The summed E-state index contributed by atoms with van der Waals surface area (Å²) in [6.07, 6.45) is 6.99. The Morgan fingerprint density at radius 1 is 1.12 bits per heavy atom. The van der Waals surface area contributed by atoms with Crippen LogP contribution in [0.3, 0.4) is 0 Å². The number of nitrogens with zero attached hydrogens (tertiary/aromatic N) is 6. The second-order valence-corrected chi connectivity index (χ2v) is 14.0. The van der Waals surface area contributed by atoms with E-state index in [1.54, 1.807) is 24.4 Å². The number of pyridine rings is 1. The van der Waals surface area contributed by atoms with E-state index in [1.807, 2.05) is 0 Å². The van der Waals surface area contributed by atoms with Gasteiger partial charge in [-0.3, -0.25) is 14.8 Å². The average molecular weight is 652 g/mol. The summed E-state index contributed by atoms with van der Waals surface area (Å²) in [6.45, 7) is 7.79. The largest absolute Gasteiger partial charge is 0.353 e. The van der Waals surface area contributed by atoms with E-state index in [0.717, 1.165) is 64.8 Å². The molecule has 2 N–H and O–H groups in total. The van der Waals surface area contributed by atoms with Crippen molar-refractivity contribution in [3.63, 3.8) is 0 Å². The van der Waals surface area contributed by atoms with Gasteiger partial charge in [0.1, 0.15) is 11.6 Å². The van der Waals surface area contributed by atoms with Crippen LogP contribution in [-0.4, -0.2) is 86.2 Å². The van der Waals surface area contributed by atoms with E-state index in [4.69, 9.17) is 23.2 Å². The van der Waals surface area contributed by atoms with E-state index in [-0.39, 0.29) is 17.5 Å². The highest BCUT2D eigenvalue weighted by atomic mass is 35.5. The third-order valence-electron chi connectivity index (χ3n) is 8.68. The number of likely N-dealkylation sites (tertiary alicyclic amines) is 1. The van der Waals surface area contributed by atoms with Crippen LogP contribution in [0.15, 0.2) is 39.9 Å². The smallest absolute Gasteiger partial charge is 0.345 e. The Labute approximate surface area is 262 Å². The maximum Gasteiger partial charge on any atom is 0.345 e. The number of anilines is 2. The van der Waals surface area contributed by atoms with Crippen molar-refractivity contribution in [1.29, 1.82) is 0 Å². The summed E-state index contributed by atoms with van der Waals surface area (Å²) in [4.78, 5) is 16.3. The van der Waals surface area contributed by atoms with Crippen molar-refractivity contribution < 1.29 is 12.8 Å². The Balaban J connectivity index is 1.05. The second-order valence-electron chi connectivity index (χ2n) is 11.8. The summed E-state index contributed by atoms with van der Waals surface area (Å²) < 4.78 is 44.6. The standard InChI is InChI=1S/C29H37Cl2FN8O2S/c1-2-23-18-39(11-12-40(23)24-7-9-38(10-8-24)17-20-5-6-21(30)13-26(20)32)29-25(31)14-22(16-34-29)35-28-27(33-15-19-3-4-19)36-43(41,42)37-28/h5-6,13-14,16,19,23-24H,2-4,7-12,15,17-18H2,1H3,(H,33,36)(H,35,37)/t23-/m0/s1. The van der Waals surface area contributed by atoms with Crippen molar-refractivity contribution in [2.45, 2.75) is 57.7 Å². The highest BCUT2D eigenvalue weighted by molar-refractivity contribution is 7.89. The SMILES string of the molecule is CC[C@H]1CN(c2ncc(NC3=NS(=O)(=O)NC3=NCC3CC3)cc2Cl)CCN1C1CCN(Cc2ccc(Cl)cc2F)CC1. The van der Waals surface area contributed by atoms with Crippen LogP contribution in [0.1, 0.15) is 44.6 Å². The molecule has 2 saturated heterocycles. The second kappa shape index (κ2) is 12.8. The van der Waals surface area contributed by atoms with Gasteiger partial charge < -0.3 is 10.2 Å². The van der Waals surface area contributed by atoms with Crippen LogP contribution in [-0.2, 0) is 16.8 Å². The molecule has 43 heavy (non-hydrogen) atoms. The van der Waals surface area contributed by atoms with Crippen LogP contribution in [0.2, 0.25) is 10.0 Å². The molecule has 0 unspecified atom stereocenters. The van der Waals surface area contributed by atoms with Gasteiger partial charge in [0.25, 0.3) is 0 Å². The van der Waals surface area contributed by atoms with Gasteiger partial charge in [0.15, 0.2) is 11.7 Å². The van der Waals surface area contributed by atoms with Crippen molar-refractivity contribution >= 4 is 56.6 Å². The predicted octanol–water partition coefficient (Wildman–Crippen LogP) is 4.56. The number of nitrogens with one attached hydrogen (secondary N) is 2. The summed E-state index contributed by atoms with van der Waals surface area (Å²) in [5, 5.41) is 3.94. The van der Waals surface area contributed by atoms with Crippen LogP contribution in [0.25, 0.3) is 0 Å². The zero-order valence-corrected chi connectivity index (χ0v) is 26.5. The first-order valence-electron chi connectivity index (χ1n) is 14.9. The molecule has 232 valence electrons. The van der Waals surface area contributed by atoms with Gasteiger partial charge in [-0.05, 0) is 69.3 Å². The summed E-state index contributed by atoms with van der Waals surface area (Å²) in [5.41, 5.74) is 1.23. The van der Waals surface area contributed by atoms with E-state index in [9.17, 15) is 12.8 Å². The molecule has 4 aliphatic rings. The molecule has 1 aliphatic carbocycles. The van der Waals surface area contributed by atoms with Gasteiger partial charge in [0.2, 0.25) is 0 Å². The zero-order chi connectivity index (χ0) is 30.1. The number of piperazine rings is 1. The first kappa shape index (κ1) is 30.5. The van der Waals surface area contributed by atoms with Crippen LogP contribution < -0.4 is 14.9 Å². The van der Waals surface area contributed by atoms with Crippen LogP contribution in [0.5, 0.6) is 0 Å². The molecule has 6 rings (SSSR count). The van der Waals surface area contributed by atoms with Gasteiger partial charge in [0, 0.05) is 55.4 Å². The van der Waals surface area contributed by atoms with Gasteiger partial charge in [-0.25, -0.2) is 14.1 Å². The molecule has 0 amide bonds. The van der Waals surface area contributed by atoms with Crippen LogP contribution >= 0.6 is 23.2 Å². The number of rotatable bonds is 8. The molecular weight excluding hydrogens is 614 g/mol. The quantitative estimate of drug-likeness (QED) is 0.432. The first-order chi connectivity index (χ1) is 20.7. The average Bonchev–Trinajstić information content (AvgIpc) is 3.76. The van der Waals surface area contributed by atoms with Gasteiger partial charge >= 0.3 is 10.2 Å². The lowest BCUT2D eigenvalue weighted by atomic mass is 9.97. The minimum atomic E-state index is -3.82. The van der Waals surface area contributed by atoms with E-state index in [0.29, 0.717) is 58.2 Å². The molecule has 1 saturated carbocycles. The summed E-state index contributed by atoms with van der Waals surface area (Å²) >= 11 is 12.6. The molecule has 0 radical (unpaired) electrons. The Hall–Kier alpha value is -2.51. The minimum Gasteiger partial charge on any atom is -0.353 e. The molecule has 3 fully saturated rings. The molecule has 4 heterocycles. The van der Waals surface area contributed by atoms with Crippen molar-refractivity contribution in [1.82, 2.24) is 19.5 Å². The maximum atomic E-state index is 14.3. The predicted molar refractivity (Wildman–Crippen MR) is 170 cm³/mol. The maximum absolute atomic E-state index is 14.3. The minimum absolute atomic E-state index is 0.148. The molecule has 14 heteroatoms. The lowest BCUT2D eigenvalue weighted by Crippen LogP contribution is -2.58. The molecule has 3 aliphatic heterocycles. The number of piperidine rings is 1. The number of amidine groups is 2. The molecule has 0 spiro atoms. The third-order valence-corrected chi connectivity index (χ3v) is 10.1. The molecule has 1 atom stereocenters. The van der Waals surface area contributed by atoms with Crippen LogP contribution in [0.4, 0.5) is 15.9 Å². The Kier molecular flexibility index (Phi) is 9.11. The van der Waals surface area contributed by atoms with Gasteiger partial charge in [-0.1, -0.05) is 36.2 Å². The number of hydrogen-bond donors (Lipinski definition) is 2. The van der Waals surface area contributed by atoms with Crippen molar-refractivity contribution in [2.75, 3.05) is 49.5 Å². The van der Waals surface area contributed by atoms with Gasteiger partial charge in [0.05, 0.1) is 16.9 Å². The molecule has 2 aromatic rings. The normalized spacial score (nSPS) is 24.3. The van der Waals surface area contributed by atoms with E-state index >= 15 is 0 Å². The van der Waals surface area contributed by atoms with Crippen LogP contribution in [0, 0.1) is 11.7 Å². The lowest BCUT2D eigenvalue weighted by molar-refractivity contribution is 0.0607. The van der Waals surface area contributed by atoms with Crippen molar-refractivity contribution in [3.8, 4) is 0 Å². The molecule has 10 nitrogen and oxygen atoms in total. The molecular formula is C29H37Cl2FN8O2S. The number of halogens is 3. The highest BCUT2D eigenvalue weighted by Crippen LogP contribution is 2.32. The van der Waals surface area contributed by atoms with E-state index < -0.39 is 10.2 Å². The van der Waals surface area contributed by atoms with E-state index in [1.165, 1.54) is 6.07 Å². The first-order valence-corrected chi connectivity index (χ1v) is 17.1. The fourth-order valence-electron chi connectivity index (χ4n) is 6.14. The molecule has 1 aromatic carbocycles.